The minimum Gasteiger partial charge on any atom is -0.496 e. The molecule has 0 spiro atoms. The standard InChI is InChI=1S/C20H26N4O2/c1-20-10-6-12-24(18(20)9-5-11-21-20)19(25)16-13-15(22-23-16)14-7-3-4-8-17(14)26-2/h3-4,7-8,13,18,21H,5-6,9-12H2,1-2H3,(H,22,23)/t18-,20+/m1/s1. The molecule has 138 valence electrons. The number of nitrogens with zero attached hydrogens (tertiary/aromatic N) is 2. The van der Waals surface area contributed by atoms with E-state index in [1.807, 2.05) is 35.2 Å². The summed E-state index contributed by atoms with van der Waals surface area (Å²) in [4.78, 5) is 15.2. The highest BCUT2D eigenvalue weighted by atomic mass is 16.5. The van der Waals surface area contributed by atoms with E-state index in [0.717, 1.165) is 55.8 Å². The van der Waals surface area contributed by atoms with Crippen LogP contribution in [-0.2, 0) is 0 Å². The number of nitrogens with one attached hydrogen (secondary N) is 2. The van der Waals surface area contributed by atoms with Crippen molar-refractivity contribution >= 4 is 5.91 Å². The van der Waals surface area contributed by atoms with Crippen molar-refractivity contribution in [3.63, 3.8) is 0 Å². The monoisotopic (exact) mass is 354 g/mol. The summed E-state index contributed by atoms with van der Waals surface area (Å²) in [6.07, 6.45) is 4.32. The molecule has 0 saturated carbocycles. The number of aromatic nitrogens is 2. The van der Waals surface area contributed by atoms with Gasteiger partial charge in [-0.25, -0.2) is 0 Å². The van der Waals surface area contributed by atoms with Gasteiger partial charge < -0.3 is 15.0 Å². The van der Waals surface area contributed by atoms with Gasteiger partial charge in [0.25, 0.3) is 5.91 Å². The number of para-hydroxylation sites is 1. The van der Waals surface area contributed by atoms with Gasteiger partial charge in [-0.2, -0.15) is 5.10 Å². The van der Waals surface area contributed by atoms with Gasteiger partial charge >= 0.3 is 0 Å². The zero-order chi connectivity index (χ0) is 18.1. The van der Waals surface area contributed by atoms with Crippen LogP contribution in [0.3, 0.4) is 0 Å². The van der Waals surface area contributed by atoms with Crippen molar-refractivity contribution < 1.29 is 9.53 Å². The smallest absolute Gasteiger partial charge is 0.272 e. The van der Waals surface area contributed by atoms with Crippen LogP contribution < -0.4 is 10.1 Å². The molecule has 2 N–H and O–H groups in total. The number of rotatable bonds is 3. The first-order chi connectivity index (χ1) is 12.6. The van der Waals surface area contributed by atoms with E-state index in [4.69, 9.17) is 4.74 Å². The highest BCUT2D eigenvalue weighted by molar-refractivity contribution is 5.94. The Morgan fingerprint density at radius 2 is 2.19 bits per heavy atom. The third kappa shape index (κ3) is 2.88. The highest BCUT2D eigenvalue weighted by Crippen LogP contribution is 2.34. The van der Waals surface area contributed by atoms with Crippen LogP contribution in [0.25, 0.3) is 11.3 Å². The second kappa shape index (κ2) is 6.76. The summed E-state index contributed by atoms with van der Waals surface area (Å²) >= 11 is 0. The number of aromatic amines is 1. The number of amides is 1. The number of likely N-dealkylation sites (tertiary alicyclic amines) is 1. The molecule has 6 heteroatoms. The maximum Gasteiger partial charge on any atom is 0.272 e. The largest absolute Gasteiger partial charge is 0.496 e. The predicted octanol–water partition coefficient (Wildman–Crippen LogP) is 2.83. The molecule has 2 saturated heterocycles. The highest BCUT2D eigenvalue weighted by Gasteiger charge is 2.44. The number of carbonyl (C=O) groups is 1. The number of hydrogen-bond donors (Lipinski definition) is 2. The SMILES string of the molecule is COc1ccccc1-c1cc(C(=O)N2CCC[C@]3(C)NCCC[C@@H]23)[nH]n1. The van der Waals surface area contributed by atoms with Crippen LogP contribution in [0, 0.1) is 0 Å². The third-order valence-corrected chi connectivity index (χ3v) is 5.84. The van der Waals surface area contributed by atoms with E-state index in [1.54, 1.807) is 7.11 Å². The molecule has 2 aliphatic rings. The summed E-state index contributed by atoms with van der Waals surface area (Å²) in [6.45, 7) is 4.10. The summed E-state index contributed by atoms with van der Waals surface area (Å²) in [6, 6.07) is 9.79. The topological polar surface area (TPSA) is 70.2 Å². The number of methoxy groups -OCH3 is 1. The molecule has 1 aromatic heterocycles. The minimum absolute atomic E-state index is 0.0255. The van der Waals surface area contributed by atoms with Gasteiger partial charge in [-0.15, -0.1) is 0 Å². The van der Waals surface area contributed by atoms with Crippen molar-refractivity contribution in [3.05, 3.63) is 36.0 Å². The molecule has 4 rings (SSSR count). The Morgan fingerprint density at radius 1 is 1.35 bits per heavy atom. The number of ether oxygens (including phenoxy) is 1. The van der Waals surface area contributed by atoms with Crippen molar-refractivity contribution in [2.45, 2.75) is 44.2 Å². The van der Waals surface area contributed by atoms with Crippen molar-refractivity contribution in [2.24, 2.45) is 0 Å². The van der Waals surface area contributed by atoms with E-state index in [1.165, 1.54) is 0 Å². The van der Waals surface area contributed by atoms with Crippen LogP contribution in [0.2, 0.25) is 0 Å². The molecule has 2 aliphatic heterocycles. The fourth-order valence-corrected chi connectivity index (χ4v) is 4.46. The van der Waals surface area contributed by atoms with Crippen LogP contribution in [0.4, 0.5) is 0 Å². The minimum atomic E-state index is 0.0255. The summed E-state index contributed by atoms with van der Waals surface area (Å²) in [5.74, 6) is 0.790. The average Bonchev–Trinajstić information content (AvgIpc) is 3.16. The van der Waals surface area contributed by atoms with E-state index in [9.17, 15) is 4.79 Å². The molecule has 1 amide bonds. The fourth-order valence-electron chi connectivity index (χ4n) is 4.46. The predicted molar refractivity (Wildman–Crippen MR) is 100 cm³/mol. The van der Waals surface area contributed by atoms with Gasteiger partial charge in [-0.1, -0.05) is 12.1 Å². The zero-order valence-electron chi connectivity index (χ0n) is 15.4. The lowest BCUT2D eigenvalue weighted by Crippen LogP contribution is -2.65. The summed E-state index contributed by atoms with van der Waals surface area (Å²) in [7, 11) is 1.64. The van der Waals surface area contributed by atoms with Crippen LogP contribution >= 0.6 is 0 Å². The second-order valence-electron chi connectivity index (χ2n) is 7.47. The molecule has 1 aromatic carbocycles. The average molecular weight is 354 g/mol. The third-order valence-electron chi connectivity index (χ3n) is 5.84. The molecular formula is C20H26N4O2. The van der Waals surface area contributed by atoms with Gasteiger partial charge in [0.15, 0.2) is 0 Å². The van der Waals surface area contributed by atoms with E-state index in [0.29, 0.717) is 5.69 Å². The van der Waals surface area contributed by atoms with E-state index >= 15 is 0 Å². The molecule has 6 nitrogen and oxygen atoms in total. The molecule has 2 fully saturated rings. The zero-order valence-corrected chi connectivity index (χ0v) is 15.4. The summed E-state index contributed by atoms with van der Waals surface area (Å²) < 4.78 is 5.41. The number of piperidine rings is 2. The van der Waals surface area contributed by atoms with Gasteiger partial charge in [0.1, 0.15) is 11.4 Å². The number of benzene rings is 1. The number of H-pyrrole nitrogens is 1. The number of fused-ring (bicyclic) bond motifs is 1. The Hall–Kier alpha value is -2.34. The van der Waals surface area contributed by atoms with Crippen LogP contribution in [0.5, 0.6) is 5.75 Å². The van der Waals surface area contributed by atoms with Gasteiger partial charge in [0.05, 0.1) is 12.8 Å². The van der Waals surface area contributed by atoms with Crippen molar-refractivity contribution in [1.82, 2.24) is 20.4 Å². The Kier molecular flexibility index (Phi) is 4.44. The van der Waals surface area contributed by atoms with E-state index in [2.05, 4.69) is 22.4 Å². The van der Waals surface area contributed by atoms with Crippen LogP contribution in [0.15, 0.2) is 30.3 Å². The first-order valence-electron chi connectivity index (χ1n) is 9.37. The van der Waals surface area contributed by atoms with Gasteiger partial charge in [0.2, 0.25) is 0 Å². The number of hydrogen-bond acceptors (Lipinski definition) is 4. The van der Waals surface area contributed by atoms with Gasteiger partial charge in [-0.05, 0) is 57.4 Å². The van der Waals surface area contributed by atoms with Crippen molar-refractivity contribution in [3.8, 4) is 17.0 Å². The molecule has 2 atom stereocenters. The van der Waals surface area contributed by atoms with Crippen molar-refractivity contribution in [1.29, 1.82) is 0 Å². The van der Waals surface area contributed by atoms with Gasteiger partial charge in [0, 0.05) is 23.7 Å². The summed E-state index contributed by atoms with van der Waals surface area (Å²) in [5, 5.41) is 11.0. The van der Waals surface area contributed by atoms with E-state index in [-0.39, 0.29) is 17.5 Å². The Labute approximate surface area is 153 Å². The maximum atomic E-state index is 13.2. The molecular weight excluding hydrogens is 328 g/mol. The molecule has 2 aromatic rings. The molecule has 0 radical (unpaired) electrons. The molecule has 0 bridgehead atoms. The normalized spacial score (nSPS) is 25.6. The Balaban J connectivity index is 1.60. The first-order valence-corrected chi connectivity index (χ1v) is 9.37. The Morgan fingerprint density at radius 3 is 3.04 bits per heavy atom. The summed E-state index contributed by atoms with van der Waals surface area (Å²) in [5.41, 5.74) is 2.18. The lowest BCUT2D eigenvalue weighted by molar-refractivity contribution is 0.0249. The second-order valence-corrected chi connectivity index (χ2v) is 7.47. The Bertz CT molecular complexity index is 799. The van der Waals surface area contributed by atoms with Crippen LogP contribution in [-0.4, -0.2) is 52.8 Å². The lowest BCUT2D eigenvalue weighted by atomic mass is 9.77. The maximum absolute atomic E-state index is 13.2. The molecule has 3 heterocycles. The van der Waals surface area contributed by atoms with Crippen LogP contribution in [0.1, 0.15) is 43.1 Å². The quantitative estimate of drug-likeness (QED) is 0.889. The molecule has 0 aliphatic carbocycles. The number of carbonyl (C=O) groups excluding carboxylic acids is 1. The van der Waals surface area contributed by atoms with Gasteiger partial charge in [-0.3, -0.25) is 9.89 Å². The van der Waals surface area contributed by atoms with E-state index < -0.39 is 0 Å². The van der Waals surface area contributed by atoms with Crippen molar-refractivity contribution in [2.75, 3.05) is 20.2 Å². The fraction of sp³-hybridized carbons (Fsp3) is 0.500. The molecule has 26 heavy (non-hydrogen) atoms. The molecule has 0 unspecified atom stereocenters. The lowest BCUT2D eigenvalue weighted by Gasteiger charge is -2.51. The first kappa shape index (κ1) is 17.1.